The van der Waals surface area contributed by atoms with Crippen LogP contribution in [0.1, 0.15) is 72.3 Å². The number of anilines is 4. The van der Waals surface area contributed by atoms with Crippen LogP contribution >= 0.6 is 0 Å². The molecule has 2 aromatic heterocycles. The number of nitrogens with zero attached hydrogens (tertiary/aromatic N) is 6. The van der Waals surface area contributed by atoms with Crippen LogP contribution < -0.4 is 20.4 Å². The number of piperazine rings is 2. The summed E-state index contributed by atoms with van der Waals surface area (Å²) in [6, 6.07) is 4.98. The van der Waals surface area contributed by atoms with Crippen molar-refractivity contribution < 1.29 is 4.79 Å². The zero-order valence-electron chi connectivity index (χ0n) is 24.2. The van der Waals surface area contributed by atoms with E-state index in [2.05, 4.69) is 71.0 Å². The first-order valence-electron chi connectivity index (χ1n) is 14.8. The third-order valence-electron chi connectivity index (χ3n) is 9.31. The third kappa shape index (κ3) is 5.06. The van der Waals surface area contributed by atoms with Gasteiger partial charge in [0.05, 0.1) is 17.4 Å². The lowest BCUT2D eigenvalue weighted by Crippen LogP contribution is -2.66. The summed E-state index contributed by atoms with van der Waals surface area (Å²) in [5.41, 5.74) is 2.55. The highest BCUT2D eigenvalue weighted by molar-refractivity contribution is 5.90. The summed E-state index contributed by atoms with van der Waals surface area (Å²) in [6.07, 6.45) is 10.3. The zero-order chi connectivity index (χ0) is 27.4. The Kier molecular flexibility index (Phi) is 6.68. The van der Waals surface area contributed by atoms with Crippen LogP contribution in [0.2, 0.25) is 0 Å². The zero-order valence-corrected chi connectivity index (χ0v) is 24.2. The van der Waals surface area contributed by atoms with E-state index >= 15 is 0 Å². The Bertz CT molecular complexity index is 1190. The smallest absolute Gasteiger partial charge is 0.243 e. The topological polar surface area (TPSA) is 89.5 Å². The van der Waals surface area contributed by atoms with Crippen molar-refractivity contribution in [2.75, 3.05) is 41.3 Å². The first-order chi connectivity index (χ1) is 18.6. The molecular weight excluding hydrogens is 488 g/mol. The van der Waals surface area contributed by atoms with Gasteiger partial charge in [-0.05, 0) is 57.2 Å². The van der Waals surface area contributed by atoms with Gasteiger partial charge in [-0.3, -0.25) is 9.69 Å². The second kappa shape index (κ2) is 9.91. The fraction of sp³-hybridized carbons (Fsp3) is 0.667. The van der Waals surface area contributed by atoms with Gasteiger partial charge in [0.25, 0.3) is 0 Å². The molecule has 2 saturated heterocycles. The van der Waals surface area contributed by atoms with E-state index in [1.165, 1.54) is 19.3 Å². The summed E-state index contributed by atoms with van der Waals surface area (Å²) in [7, 11) is 0. The van der Waals surface area contributed by atoms with Crippen molar-refractivity contribution in [2.24, 2.45) is 5.41 Å². The first-order valence-corrected chi connectivity index (χ1v) is 14.8. The highest BCUT2D eigenvalue weighted by Gasteiger charge is 2.52. The van der Waals surface area contributed by atoms with Gasteiger partial charge in [0.1, 0.15) is 17.7 Å². The molecule has 6 rings (SSSR count). The number of nitrogens with one attached hydrogen (secondary N) is 2. The monoisotopic (exact) mass is 532 g/mol. The molecule has 2 aromatic rings. The fourth-order valence-electron chi connectivity index (χ4n) is 7.16. The quantitative estimate of drug-likeness (QED) is 0.595. The van der Waals surface area contributed by atoms with Crippen LogP contribution in [0.15, 0.2) is 24.5 Å². The number of pyridine rings is 1. The Hall–Kier alpha value is -2.94. The van der Waals surface area contributed by atoms with Crippen LogP contribution in [0.4, 0.5) is 23.3 Å². The lowest BCUT2D eigenvalue weighted by molar-refractivity contribution is -0.124. The molecule has 2 N–H and O–H groups in total. The van der Waals surface area contributed by atoms with Crippen LogP contribution in [-0.4, -0.2) is 75.6 Å². The molecular formula is C30H44N8O. The maximum absolute atomic E-state index is 12.7. The molecule has 0 aromatic carbocycles. The van der Waals surface area contributed by atoms with Crippen molar-refractivity contribution in [3.8, 4) is 0 Å². The van der Waals surface area contributed by atoms with E-state index in [1.807, 2.05) is 18.5 Å². The Labute approximate surface area is 232 Å². The molecule has 9 nitrogen and oxygen atoms in total. The fourth-order valence-corrected chi connectivity index (χ4v) is 7.16. The predicted octanol–water partition coefficient (Wildman–Crippen LogP) is 4.12. The molecule has 9 heteroatoms. The summed E-state index contributed by atoms with van der Waals surface area (Å²) in [4.78, 5) is 34.4. The molecule has 3 unspecified atom stereocenters. The molecule has 3 fully saturated rings. The normalized spacial score (nSPS) is 26.5. The molecule has 1 spiro atoms. The summed E-state index contributed by atoms with van der Waals surface area (Å²) < 4.78 is 0. The van der Waals surface area contributed by atoms with E-state index in [0.29, 0.717) is 36.4 Å². The third-order valence-corrected chi connectivity index (χ3v) is 9.31. The predicted molar refractivity (Wildman–Crippen MR) is 156 cm³/mol. The average molecular weight is 533 g/mol. The highest BCUT2D eigenvalue weighted by Crippen LogP contribution is 2.45. The van der Waals surface area contributed by atoms with E-state index < -0.39 is 0 Å². The summed E-state index contributed by atoms with van der Waals surface area (Å²) in [5.74, 6) is 2.28. The molecule has 4 aliphatic rings. The van der Waals surface area contributed by atoms with Gasteiger partial charge in [0, 0.05) is 49.9 Å². The first kappa shape index (κ1) is 26.3. The van der Waals surface area contributed by atoms with Crippen molar-refractivity contribution in [3.05, 3.63) is 30.1 Å². The lowest BCUT2D eigenvalue weighted by atomic mass is 9.90. The number of amides is 1. The minimum absolute atomic E-state index is 0.0135. The van der Waals surface area contributed by atoms with Gasteiger partial charge < -0.3 is 20.4 Å². The maximum atomic E-state index is 12.7. The van der Waals surface area contributed by atoms with Gasteiger partial charge in [-0.2, -0.15) is 4.98 Å². The van der Waals surface area contributed by atoms with Crippen molar-refractivity contribution in [1.29, 1.82) is 0 Å². The van der Waals surface area contributed by atoms with E-state index in [1.54, 1.807) is 0 Å². The lowest BCUT2D eigenvalue weighted by Gasteiger charge is -2.47. The molecule has 3 aliphatic heterocycles. The molecule has 1 saturated carbocycles. The SMILES string of the molecule is CC1CN(c2ccc(Nc3ncc4c(n3)N3C(C4)C(=O)NCC34CCCC4)nc2)CC(C)N1CCC(C)(C)C. The Balaban J connectivity index is 1.14. The Morgan fingerprint density at radius 1 is 1.08 bits per heavy atom. The van der Waals surface area contributed by atoms with Crippen LogP contribution in [0.5, 0.6) is 0 Å². The maximum Gasteiger partial charge on any atom is 0.243 e. The minimum Gasteiger partial charge on any atom is -0.367 e. The molecule has 0 radical (unpaired) electrons. The average Bonchev–Trinajstić information content (AvgIpc) is 3.51. The largest absolute Gasteiger partial charge is 0.367 e. The van der Waals surface area contributed by atoms with E-state index in [4.69, 9.17) is 9.97 Å². The second-order valence-electron chi connectivity index (χ2n) is 13.5. The molecule has 1 amide bonds. The highest BCUT2D eigenvalue weighted by atomic mass is 16.2. The number of fused-ring (bicyclic) bond motifs is 4. The van der Waals surface area contributed by atoms with Crippen molar-refractivity contribution in [1.82, 2.24) is 25.2 Å². The number of carbonyl (C=O) groups excluding carboxylic acids is 1. The van der Waals surface area contributed by atoms with Crippen LogP contribution in [0.3, 0.4) is 0 Å². The molecule has 3 atom stereocenters. The number of rotatable bonds is 5. The molecule has 39 heavy (non-hydrogen) atoms. The van der Waals surface area contributed by atoms with Gasteiger partial charge >= 0.3 is 0 Å². The van der Waals surface area contributed by atoms with Crippen LogP contribution in [-0.2, 0) is 11.2 Å². The molecule has 210 valence electrons. The number of hydrogen-bond donors (Lipinski definition) is 2. The van der Waals surface area contributed by atoms with E-state index in [-0.39, 0.29) is 17.5 Å². The van der Waals surface area contributed by atoms with Gasteiger partial charge in [-0.25, -0.2) is 9.97 Å². The summed E-state index contributed by atoms with van der Waals surface area (Å²) in [6.45, 7) is 15.5. The molecule has 5 heterocycles. The number of carbonyl (C=O) groups is 1. The molecule has 0 bridgehead atoms. The van der Waals surface area contributed by atoms with Gasteiger partial charge in [0.2, 0.25) is 11.9 Å². The van der Waals surface area contributed by atoms with Gasteiger partial charge in [0.15, 0.2) is 0 Å². The van der Waals surface area contributed by atoms with Crippen molar-refractivity contribution >= 4 is 29.2 Å². The van der Waals surface area contributed by atoms with Crippen LogP contribution in [0, 0.1) is 5.41 Å². The summed E-state index contributed by atoms with van der Waals surface area (Å²) in [5, 5.41) is 6.48. The summed E-state index contributed by atoms with van der Waals surface area (Å²) >= 11 is 0. The molecule has 1 aliphatic carbocycles. The van der Waals surface area contributed by atoms with Gasteiger partial charge in [-0.1, -0.05) is 33.6 Å². The van der Waals surface area contributed by atoms with E-state index in [9.17, 15) is 4.79 Å². The Morgan fingerprint density at radius 2 is 1.82 bits per heavy atom. The van der Waals surface area contributed by atoms with Crippen molar-refractivity contribution in [3.63, 3.8) is 0 Å². The minimum atomic E-state index is -0.174. The standard InChI is InChI=1S/C30H44N8O/c1-20-17-36(18-21(2)37(20)13-12-29(3,4)5)23-8-9-25(31-16-23)34-28-32-15-22-14-24-27(39)33-19-30(10-6-7-11-30)38(24)26(22)35-28/h8-9,15-16,20-21,24H,6-7,10-14,17-19H2,1-5H3,(H,33,39)(H,31,32,34,35). The number of aromatic nitrogens is 3. The second-order valence-corrected chi connectivity index (χ2v) is 13.5. The number of hydrogen-bond acceptors (Lipinski definition) is 8. The van der Waals surface area contributed by atoms with Crippen LogP contribution in [0.25, 0.3) is 0 Å². The van der Waals surface area contributed by atoms with Crippen molar-refractivity contribution in [2.45, 2.75) is 96.8 Å². The van der Waals surface area contributed by atoms with Gasteiger partial charge in [-0.15, -0.1) is 0 Å². The van der Waals surface area contributed by atoms with E-state index in [0.717, 1.165) is 55.4 Å². The Morgan fingerprint density at radius 3 is 2.49 bits per heavy atom.